The SMILES string of the molecule is CCOC(=O)C1=C(N)NC(C)=CC1c1ccccc1Cl. The van der Waals surface area contributed by atoms with Crippen LogP contribution in [-0.4, -0.2) is 12.6 Å². The molecular weight excluding hydrogens is 276 g/mol. The number of nitrogens with two attached hydrogens (primary N) is 1. The van der Waals surface area contributed by atoms with Crippen LogP contribution in [0.5, 0.6) is 0 Å². The third-order valence-electron chi connectivity index (χ3n) is 3.09. The van der Waals surface area contributed by atoms with Crippen LogP contribution in [0.1, 0.15) is 25.3 Å². The molecule has 106 valence electrons. The third-order valence-corrected chi connectivity index (χ3v) is 3.43. The molecule has 2 rings (SSSR count). The second-order valence-electron chi connectivity index (χ2n) is 4.52. The maximum atomic E-state index is 12.1. The molecule has 0 radical (unpaired) electrons. The van der Waals surface area contributed by atoms with Gasteiger partial charge in [-0.25, -0.2) is 4.79 Å². The van der Waals surface area contributed by atoms with Gasteiger partial charge in [-0.3, -0.25) is 0 Å². The zero-order chi connectivity index (χ0) is 14.7. The summed E-state index contributed by atoms with van der Waals surface area (Å²) in [5.74, 6) is -0.413. The topological polar surface area (TPSA) is 64.3 Å². The van der Waals surface area contributed by atoms with Gasteiger partial charge in [0.15, 0.2) is 0 Å². The Hall–Kier alpha value is -1.94. The lowest BCUT2D eigenvalue weighted by molar-refractivity contribution is -0.138. The largest absolute Gasteiger partial charge is 0.463 e. The van der Waals surface area contributed by atoms with Crippen molar-refractivity contribution in [2.75, 3.05) is 6.61 Å². The number of benzene rings is 1. The fraction of sp³-hybridized carbons (Fsp3) is 0.267. The molecule has 1 aliphatic rings. The van der Waals surface area contributed by atoms with Crippen LogP contribution in [0, 0.1) is 0 Å². The van der Waals surface area contributed by atoms with Gasteiger partial charge in [-0.2, -0.15) is 0 Å². The van der Waals surface area contributed by atoms with Crippen molar-refractivity contribution in [1.82, 2.24) is 5.32 Å². The summed E-state index contributed by atoms with van der Waals surface area (Å²) >= 11 is 6.23. The van der Waals surface area contributed by atoms with Gasteiger partial charge in [0, 0.05) is 16.6 Å². The molecule has 1 unspecified atom stereocenters. The molecule has 4 nitrogen and oxygen atoms in total. The summed E-state index contributed by atoms with van der Waals surface area (Å²) in [7, 11) is 0. The summed E-state index contributed by atoms with van der Waals surface area (Å²) in [5, 5.41) is 3.56. The van der Waals surface area contributed by atoms with E-state index in [1.807, 2.05) is 31.2 Å². The average molecular weight is 293 g/mol. The Kier molecular flexibility index (Phi) is 4.35. The van der Waals surface area contributed by atoms with Crippen molar-refractivity contribution in [3.63, 3.8) is 0 Å². The molecule has 5 heteroatoms. The minimum absolute atomic E-state index is 0.299. The Bertz CT molecular complexity index is 593. The van der Waals surface area contributed by atoms with Crippen molar-refractivity contribution in [1.29, 1.82) is 0 Å². The number of carbonyl (C=O) groups is 1. The molecule has 1 aromatic rings. The summed E-state index contributed by atoms with van der Waals surface area (Å²) in [6.45, 7) is 3.95. The number of dihydropyridines is 1. The van der Waals surface area contributed by atoms with Gasteiger partial charge in [0.2, 0.25) is 0 Å². The van der Waals surface area contributed by atoms with Gasteiger partial charge < -0.3 is 15.8 Å². The summed E-state index contributed by atoms with van der Waals surface area (Å²) in [4.78, 5) is 12.1. The summed E-state index contributed by atoms with van der Waals surface area (Å²) in [5.41, 5.74) is 8.07. The molecule has 1 aliphatic heterocycles. The van der Waals surface area contributed by atoms with Crippen molar-refractivity contribution in [2.24, 2.45) is 5.73 Å². The van der Waals surface area contributed by atoms with Gasteiger partial charge in [0.25, 0.3) is 0 Å². The van der Waals surface area contributed by atoms with Crippen molar-refractivity contribution in [2.45, 2.75) is 19.8 Å². The number of nitrogens with one attached hydrogen (secondary N) is 1. The Morgan fingerprint density at radius 1 is 1.45 bits per heavy atom. The lowest BCUT2D eigenvalue weighted by Crippen LogP contribution is -2.31. The zero-order valence-electron chi connectivity index (χ0n) is 11.4. The van der Waals surface area contributed by atoms with Crippen LogP contribution in [-0.2, 0) is 9.53 Å². The summed E-state index contributed by atoms with van der Waals surface area (Å²) in [6, 6.07) is 7.40. The average Bonchev–Trinajstić information content (AvgIpc) is 2.38. The monoisotopic (exact) mass is 292 g/mol. The molecule has 0 saturated carbocycles. The number of allylic oxidation sites excluding steroid dienone is 2. The Morgan fingerprint density at radius 2 is 2.15 bits per heavy atom. The van der Waals surface area contributed by atoms with E-state index in [0.29, 0.717) is 23.0 Å². The van der Waals surface area contributed by atoms with E-state index in [9.17, 15) is 4.79 Å². The number of hydrogen-bond donors (Lipinski definition) is 2. The fourth-order valence-corrected chi connectivity index (χ4v) is 2.49. The number of halogens is 1. The zero-order valence-corrected chi connectivity index (χ0v) is 12.2. The number of carbonyl (C=O) groups excluding carboxylic acids is 1. The molecule has 0 amide bonds. The molecule has 0 fully saturated rings. The highest BCUT2D eigenvalue weighted by molar-refractivity contribution is 6.31. The first-order valence-corrected chi connectivity index (χ1v) is 6.79. The van der Waals surface area contributed by atoms with Gasteiger partial charge in [-0.05, 0) is 25.5 Å². The normalized spacial score (nSPS) is 18.4. The van der Waals surface area contributed by atoms with Crippen LogP contribution in [0.3, 0.4) is 0 Å². The third kappa shape index (κ3) is 2.80. The standard InChI is InChI=1S/C15H17ClN2O2/c1-3-20-15(19)13-11(8-9(2)18-14(13)17)10-6-4-5-7-12(10)16/h4-8,11,18H,3,17H2,1-2H3. The van der Waals surface area contributed by atoms with E-state index in [-0.39, 0.29) is 5.92 Å². The molecule has 3 N–H and O–H groups in total. The van der Waals surface area contributed by atoms with Crippen LogP contribution < -0.4 is 11.1 Å². The lowest BCUT2D eigenvalue weighted by atomic mass is 9.88. The number of esters is 1. The van der Waals surface area contributed by atoms with Crippen LogP contribution in [0.15, 0.2) is 47.4 Å². The first-order valence-electron chi connectivity index (χ1n) is 6.41. The van der Waals surface area contributed by atoms with E-state index in [2.05, 4.69) is 5.32 Å². The molecule has 1 aromatic carbocycles. The summed E-state index contributed by atoms with van der Waals surface area (Å²) in [6.07, 6.45) is 1.92. The maximum absolute atomic E-state index is 12.1. The fourth-order valence-electron chi connectivity index (χ4n) is 2.24. The molecular formula is C15H17ClN2O2. The van der Waals surface area contributed by atoms with Gasteiger partial charge in [0.1, 0.15) is 5.82 Å². The number of rotatable bonds is 3. The molecule has 0 spiro atoms. The van der Waals surface area contributed by atoms with Gasteiger partial charge >= 0.3 is 5.97 Å². The number of ether oxygens (including phenoxy) is 1. The second kappa shape index (κ2) is 6.01. The van der Waals surface area contributed by atoms with E-state index >= 15 is 0 Å². The lowest BCUT2D eigenvalue weighted by Gasteiger charge is -2.25. The maximum Gasteiger partial charge on any atom is 0.338 e. The summed E-state index contributed by atoms with van der Waals surface area (Å²) < 4.78 is 5.09. The van der Waals surface area contributed by atoms with E-state index in [4.69, 9.17) is 22.1 Å². The molecule has 0 bridgehead atoms. The Morgan fingerprint density at radius 3 is 2.80 bits per heavy atom. The first kappa shape index (κ1) is 14.5. The van der Waals surface area contributed by atoms with E-state index in [1.54, 1.807) is 13.0 Å². The van der Waals surface area contributed by atoms with Gasteiger partial charge in [0.05, 0.1) is 12.2 Å². The molecule has 1 heterocycles. The second-order valence-corrected chi connectivity index (χ2v) is 4.93. The van der Waals surface area contributed by atoms with E-state index < -0.39 is 5.97 Å². The molecule has 20 heavy (non-hydrogen) atoms. The Labute approximate surface area is 123 Å². The molecule has 0 saturated heterocycles. The smallest absolute Gasteiger partial charge is 0.338 e. The highest BCUT2D eigenvalue weighted by Crippen LogP contribution is 2.35. The van der Waals surface area contributed by atoms with Crippen LogP contribution in [0.25, 0.3) is 0 Å². The molecule has 0 aromatic heterocycles. The predicted octanol–water partition coefficient (Wildman–Crippen LogP) is 2.66. The van der Waals surface area contributed by atoms with Crippen molar-refractivity contribution in [3.05, 3.63) is 58.0 Å². The van der Waals surface area contributed by atoms with Crippen molar-refractivity contribution >= 4 is 17.6 Å². The molecule has 0 aliphatic carbocycles. The predicted molar refractivity (Wildman–Crippen MR) is 78.9 cm³/mol. The Balaban J connectivity index is 2.49. The first-order chi connectivity index (χ1) is 9.54. The van der Waals surface area contributed by atoms with Crippen molar-refractivity contribution in [3.8, 4) is 0 Å². The number of hydrogen-bond acceptors (Lipinski definition) is 4. The van der Waals surface area contributed by atoms with Crippen LogP contribution >= 0.6 is 11.6 Å². The van der Waals surface area contributed by atoms with Gasteiger partial charge in [-0.15, -0.1) is 0 Å². The minimum Gasteiger partial charge on any atom is -0.463 e. The van der Waals surface area contributed by atoms with E-state index in [0.717, 1.165) is 11.3 Å². The quantitative estimate of drug-likeness (QED) is 0.841. The van der Waals surface area contributed by atoms with Crippen LogP contribution in [0.2, 0.25) is 5.02 Å². The van der Waals surface area contributed by atoms with Gasteiger partial charge in [-0.1, -0.05) is 35.9 Å². The minimum atomic E-state index is -0.425. The highest BCUT2D eigenvalue weighted by Gasteiger charge is 2.29. The highest BCUT2D eigenvalue weighted by atomic mass is 35.5. The van der Waals surface area contributed by atoms with Crippen LogP contribution in [0.4, 0.5) is 0 Å². The van der Waals surface area contributed by atoms with E-state index in [1.165, 1.54) is 0 Å². The van der Waals surface area contributed by atoms with Crippen molar-refractivity contribution < 1.29 is 9.53 Å². The molecule has 1 atom stereocenters.